The molecule has 3 nitrogen and oxygen atoms in total. The Balaban J connectivity index is 1.76. The zero-order valence-electron chi connectivity index (χ0n) is 14.1. The molecule has 0 radical (unpaired) electrons. The number of aromatic nitrogens is 1. The number of likely N-dealkylation sites (tertiary alicyclic amines) is 1. The summed E-state index contributed by atoms with van der Waals surface area (Å²) in [5, 5.41) is 3.77. The Morgan fingerprint density at radius 3 is 2.77 bits per heavy atom. The van der Waals surface area contributed by atoms with Crippen molar-refractivity contribution in [2.75, 3.05) is 18.4 Å². The maximum atomic E-state index is 4.70. The molecule has 122 valence electrons. The van der Waals surface area contributed by atoms with Crippen LogP contribution in [0.25, 0.3) is 0 Å². The van der Waals surface area contributed by atoms with Gasteiger partial charge in [-0.1, -0.05) is 38.7 Å². The second-order valence-corrected chi connectivity index (χ2v) is 6.97. The lowest BCUT2D eigenvalue weighted by Crippen LogP contribution is -2.35. The van der Waals surface area contributed by atoms with Gasteiger partial charge in [0.1, 0.15) is 5.82 Å². The molecule has 22 heavy (non-hydrogen) atoms. The Morgan fingerprint density at radius 1 is 1.14 bits per heavy atom. The van der Waals surface area contributed by atoms with E-state index in [2.05, 4.69) is 29.3 Å². The summed E-state index contributed by atoms with van der Waals surface area (Å²) >= 11 is 0. The third-order valence-corrected chi connectivity index (χ3v) is 5.27. The maximum Gasteiger partial charge on any atom is 0.130 e. The molecule has 3 rings (SSSR count). The third kappa shape index (κ3) is 3.81. The first-order valence-electron chi connectivity index (χ1n) is 9.34. The minimum atomic E-state index is 0.563. The molecule has 1 aromatic rings. The average Bonchev–Trinajstić information content (AvgIpc) is 2.57. The van der Waals surface area contributed by atoms with Gasteiger partial charge in [-0.15, -0.1) is 0 Å². The van der Waals surface area contributed by atoms with Crippen LogP contribution in [0, 0.1) is 0 Å². The molecule has 1 atom stereocenters. The van der Waals surface area contributed by atoms with Gasteiger partial charge >= 0.3 is 0 Å². The standard InChI is InChI=1S/C19H31N3/c1-2-14-22-15-7-6-12-18(22)17-11-8-13-20-19(17)21-16-9-4-3-5-10-16/h8,11,13,16,18H,2-7,9-10,12,14-15H2,1H3,(H,20,21)/t18-/m0/s1. The van der Waals surface area contributed by atoms with E-state index in [4.69, 9.17) is 4.98 Å². The quantitative estimate of drug-likeness (QED) is 0.849. The number of anilines is 1. The Labute approximate surface area is 135 Å². The summed E-state index contributed by atoms with van der Waals surface area (Å²) in [5.74, 6) is 1.16. The number of rotatable bonds is 5. The summed E-state index contributed by atoms with van der Waals surface area (Å²) in [6.07, 6.45) is 13.9. The number of pyridine rings is 1. The average molecular weight is 301 g/mol. The zero-order valence-corrected chi connectivity index (χ0v) is 14.1. The summed E-state index contributed by atoms with van der Waals surface area (Å²) < 4.78 is 0. The third-order valence-electron chi connectivity index (χ3n) is 5.27. The SMILES string of the molecule is CCCN1CCCC[C@H]1c1cccnc1NC1CCCCC1. The fourth-order valence-corrected chi connectivity index (χ4v) is 4.15. The minimum Gasteiger partial charge on any atom is -0.367 e. The minimum absolute atomic E-state index is 0.563. The Kier molecular flexibility index (Phi) is 5.71. The summed E-state index contributed by atoms with van der Waals surface area (Å²) in [4.78, 5) is 7.38. The summed E-state index contributed by atoms with van der Waals surface area (Å²) in [6, 6.07) is 5.61. The fraction of sp³-hybridized carbons (Fsp3) is 0.737. The monoisotopic (exact) mass is 301 g/mol. The van der Waals surface area contributed by atoms with E-state index in [9.17, 15) is 0 Å². The lowest BCUT2D eigenvalue weighted by molar-refractivity contribution is 0.149. The zero-order chi connectivity index (χ0) is 15.2. The maximum absolute atomic E-state index is 4.70. The molecule has 1 aromatic heterocycles. The molecule has 2 heterocycles. The summed E-state index contributed by atoms with van der Waals surface area (Å²) in [7, 11) is 0. The van der Waals surface area contributed by atoms with Gasteiger partial charge in [0, 0.05) is 23.8 Å². The summed E-state index contributed by atoms with van der Waals surface area (Å²) in [5.41, 5.74) is 1.43. The molecule has 3 heteroatoms. The molecule has 1 N–H and O–H groups in total. The second kappa shape index (κ2) is 7.96. The lowest BCUT2D eigenvalue weighted by Gasteiger charge is -2.37. The van der Waals surface area contributed by atoms with E-state index in [1.165, 1.54) is 76.4 Å². The van der Waals surface area contributed by atoms with Crippen molar-refractivity contribution in [2.24, 2.45) is 0 Å². The fourth-order valence-electron chi connectivity index (χ4n) is 4.15. The molecule has 1 aliphatic heterocycles. The molecule has 2 aliphatic rings. The van der Waals surface area contributed by atoms with E-state index >= 15 is 0 Å². The first kappa shape index (κ1) is 15.8. The molecule has 0 spiro atoms. The molecule has 1 saturated carbocycles. The van der Waals surface area contributed by atoms with Crippen LogP contribution < -0.4 is 5.32 Å². The van der Waals surface area contributed by atoms with Crippen molar-refractivity contribution >= 4 is 5.82 Å². The number of nitrogens with one attached hydrogen (secondary N) is 1. The van der Waals surface area contributed by atoms with Crippen molar-refractivity contribution < 1.29 is 0 Å². The lowest BCUT2D eigenvalue weighted by atomic mass is 9.93. The highest BCUT2D eigenvalue weighted by Crippen LogP contribution is 2.35. The van der Waals surface area contributed by atoms with Crippen molar-refractivity contribution in [3.8, 4) is 0 Å². The highest BCUT2D eigenvalue weighted by Gasteiger charge is 2.26. The van der Waals surface area contributed by atoms with Gasteiger partial charge in [0.2, 0.25) is 0 Å². The number of piperidine rings is 1. The molecular formula is C19H31N3. The Bertz CT molecular complexity index is 452. The van der Waals surface area contributed by atoms with Crippen molar-refractivity contribution in [1.29, 1.82) is 0 Å². The predicted molar refractivity (Wildman–Crippen MR) is 93.2 cm³/mol. The van der Waals surface area contributed by atoms with Crippen LogP contribution in [0.3, 0.4) is 0 Å². The molecular weight excluding hydrogens is 270 g/mol. The van der Waals surface area contributed by atoms with E-state index in [0.29, 0.717) is 12.1 Å². The van der Waals surface area contributed by atoms with Gasteiger partial charge in [-0.25, -0.2) is 4.98 Å². The summed E-state index contributed by atoms with van der Waals surface area (Å²) in [6.45, 7) is 4.74. The van der Waals surface area contributed by atoms with Crippen LogP contribution in [0.15, 0.2) is 18.3 Å². The Hall–Kier alpha value is -1.09. The molecule has 1 aliphatic carbocycles. The van der Waals surface area contributed by atoms with E-state index in [1.807, 2.05) is 6.20 Å². The van der Waals surface area contributed by atoms with Crippen molar-refractivity contribution in [3.63, 3.8) is 0 Å². The molecule has 0 amide bonds. The van der Waals surface area contributed by atoms with Crippen LogP contribution in [0.1, 0.15) is 76.3 Å². The van der Waals surface area contributed by atoms with Gasteiger partial charge < -0.3 is 5.32 Å². The van der Waals surface area contributed by atoms with Gasteiger partial charge in [-0.05, 0) is 51.3 Å². The van der Waals surface area contributed by atoms with Gasteiger partial charge in [0.25, 0.3) is 0 Å². The van der Waals surface area contributed by atoms with Crippen LogP contribution in [-0.4, -0.2) is 29.0 Å². The van der Waals surface area contributed by atoms with Crippen LogP contribution in [0.2, 0.25) is 0 Å². The molecule has 2 fully saturated rings. The van der Waals surface area contributed by atoms with Crippen molar-refractivity contribution in [2.45, 2.75) is 76.8 Å². The van der Waals surface area contributed by atoms with Crippen LogP contribution in [0.5, 0.6) is 0 Å². The molecule has 0 unspecified atom stereocenters. The predicted octanol–water partition coefficient (Wildman–Crippen LogP) is 4.76. The number of nitrogens with zero attached hydrogens (tertiary/aromatic N) is 2. The van der Waals surface area contributed by atoms with Gasteiger partial charge in [-0.2, -0.15) is 0 Å². The highest BCUT2D eigenvalue weighted by atomic mass is 15.2. The van der Waals surface area contributed by atoms with Crippen LogP contribution in [0.4, 0.5) is 5.82 Å². The van der Waals surface area contributed by atoms with Gasteiger partial charge in [-0.3, -0.25) is 4.90 Å². The molecule has 0 aromatic carbocycles. The van der Waals surface area contributed by atoms with E-state index in [0.717, 1.165) is 5.82 Å². The van der Waals surface area contributed by atoms with Gasteiger partial charge in [0.15, 0.2) is 0 Å². The van der Waals surface area contributed by atoms with Crippen LogP contribution in [-0.2, 0) is 0 Å². The van der Waals surface area contributed by atoms with Gasteiger partial charge in [0.05, 0.1) is 0 Å². The number of hydrogen-bond acceptors (Lipinski definition) is 3. The van der Waals surface area contributed by atoms with E-state index in [1.54, 1.807) is 0 Å². The normalized spacial score (nSPS) is 24.3. The van der Waals surface area contributed by atoms with Crippen molar-refractivity contribution in [3.05, 3.63) is 23.9 Å². The topological polar surface area (TPSA) is 28.2 Å². The first-order valence-corrected chi connectivity index (χ1v) is 9.34. The number of hydrogen-bond donors (Lipinski definition) is 1. The highest BCUT2D eigenvalue weighted by molar-refractivity contribution is 5.46. The largest absolute Gasteiger partial charge is 0.367 e. The second-order valence-electron chi connectivity index (χ2n) is 6.97. The smallest absolute Gasteiger partial charge is 0.130 e. The van der Waals surface area contributed by atoms with E-state index in [-0.39, 0.29) is 0 Å². The van der Waals surface area contributed by atoms with Crippen LogP contribution >= 0.6 is 0 Å². The van der Waals surface area contributed by atoms with Crippen molar-refractivity contribution in [1.82, 2.24) is 9.88 Å². The molecule has 0 bridgehead atoms. The van der Waals surface area contributed by atoms with E-state index < -0.39 is 0 Å². The Morgan fingerprint density at radius 2 is 1.95 bits per heavy atom. The molecule has 1 saturated heterocycles. The first-order chi connectivity index (χ1) is 10.9.